The molecule has 1 N–H and O–H groups in total. The molecule has 0 saturated heterocycles. The zero-order chi connectivity index (χ0) is 20.0. The lowest BCUT2D eigenvalue weighted by Crippen LogP contribution is -2.30. The summed E-state index contributed by atoms with van der Waals surface area (Å²) in [6.45, 7) is 3.52. The summed E-state index contributed by atoms with van der Waals surface area (Å²) in [5.74, 6) is 0.232. The fourth-order valence-electron chi connectivity index (χ4n) is 3.90. The van der Waals surface area contributed by atoms with Gasteiger partial charge in [-0.2, -0.15) is 5.26 Å². The molecule has 4 rings (SSSR count). The van der Waals surface area contributed by atoms with E-state index in [1.165, 1.54) is 6.07 Å². The van der Waals surface area contributed by atoms with Crippen LogP contribution in [0.25, 0.3) is 10.8 Å². The summed E-state index contributed by atoms with van der Waals surface area (Å²) in [4.78, 5) is 13.8. The molecule has 0 fully saturated rings. The Kier molecular flexibility index (Phi) is 4.48. The molecule has 0 bridgehead atoms. The number of benzene rings is 1. The fraction of sp³-hybridized carbons (Fsp3) is 0.227. The number of fused-ring (bicyclic) bond motifs is 3. The SMILES string of the molecule is CSc1ccc(C2c3ccc(=O)c4c(C)oc(C)c4c3OC(=N)C2C#N)cc1. The van der Waals surface area contributed by atoms with Gasteiger partial charge < -0.3 is 9.15 Å². The van der Waals surface area contributed by atoms with E-state index in [0.717, 1.165) is 16.0 Å². The van der Waals surface area contributed by atoms with E-state index >= 15 is 0 Å². The summed E-state index contributed by atoms with van der Waals surface area (Å²) in [5.41, 5.74) is 1.46. The Bertz CT molecular complexity index is 1210. The van der Waals surface area contributed by atoms with E-state index in [0.29, 0.717) is 28.0 Å². The van der Waals surface area contributed by atoms with Crippen molar-refractivity contribution in [2.24, 2.45) is 5.92 Å². The van der Waals surface area contributed by atoms with Crippen LogP contribution in [-0.2, 0) is 0 Å². The Balaban J connectivity index is 2.07. The van der Waals surface area contributed by atoms with Crippen LogP contribution in [0.5, 0.6) is 5.75 Å². The second kappa shape index (κ2) is 6.84. The summed E-state index contributed by atoms with van der Waals surface area (Å²) >= 11 is 1.64. The van der Waals surface area contributed by atoms with E-state index in [4.69, 9.17) is 14.6 Å². The van der Waals surface area contributed by atoms with Crippen molar-refractivity contribution in [3.05, 3.63) is 69.3 Å². The van der Waals surface area contributed by atoms with Crippen molar-refractivity contribution in [3.8, 4) is 11.8 Å². The Morgan fingerprint density at radius 3 is 2.39 bits per heavy atom. The van der Waals surface area contributed by atoms with Crippen LogP contribution in [0.2, 0.25) is 0 Å². The minimum absolute atomic E-state index is 0.118. The van der Waals surface area contributed by atoms with Crippen molar-refractivity contribution < 1.29 is 9.15 Å². The minimum Gasteiger partial charge on any atom is -0.465 e. The van der Waals surface area contributed by atoms with Crippen LogP contribution in [0.3, 0.4) is 0 Å². The fourth-order valence-corrected chi connectivity index (χ4v) is 4.31. The van der Waals surface area contributed by atoms with Gasteiger partial charge in [-0.05, 0) is 43.9 Å². The predicted molar refractivity (Wildman–Crippen MR) is 109 cm³/mol. The van der Waals surface area contributed by atoms with Crippen LogP contribution in [0.4, 0.5) is 0 Å². The first kappa shape index (κ1) is 18.3. The molecule has 2 heterocycles. The van der Waals surface area contributed by atoms with E-state index in [1.54, 1.807) is 31.7 Å². The molecule has 0 amide bonds. The molecule has 6 heteroatoms. The molecule has 140 valence electrons. The molecule has 0 saturated carbocycles. The van der Waals surface area contributed by atoms with Gasteiger partial charge in [0.05, 0.1) is 16.8 Å². The van der Waals surface area contributed by atoms with E-state index < -0.39 is 11.8 Å². The first-order valence-corrected chi connectivity index (χ1v) is 10.1. The lowest BCUT2D eigenvalue weighted by atomic mass is 9.79. The summed E-state index contributed by atoms with van der Waals surface area (Å²) in [5, 5.41) is 19.1. The average Bonchev–Trinajstić information content (AvgIpc) is 2.90. The Labute approximate surface area is 166 Å². The second-order valence-corrected chi connectivity index (χ2v) is 7.65. The van der Waals surface area contributed by atoms with E-state index in [-0.39, 0.29) is 11.3 Å². The number of hydrogen-bond acceptors (Lipinski definition) is 6. The van der Waals surface area contributed by atoms with Crippen molar-refractivity contribution in [1.29, 1.82) is 10.7 Å². The highest BCUT2D eigenvalue weighted by molar-refractivity contribution is 7.98. The Hall–Kier alpha value is -3.04. The molecular weight excluding hydrogens is 372 g/mol. The summed E-state index contributed by atoms with van der Waals surface area (Å²) in [6, 6.07) is 13.4. The van der Waals surface area contributed by atoms with Crippen LogP contribution in [0.15, 0.2) is 50.5 Å². The lowest BCUT2D eigenvalue weighted by Gasteiger charge is -2.30. The van der Waals surface area contributed by atoms with E-state index in [2.05, 4.69) is 6.07 Å². The lowest BCUT2D eigenvalue weighted by molar-refractivity contribution is 0.453. The number of furan rings is 1. The standard InChI is InChI=1S/C22H18N2O3S/c1-11-18-17(25)9-8-15-20(13-4-6-14(28-3)7-5-13)16(10-23)22(24)27-21(15)19(18)12(2)26-11/h4-9,16,20,24H,1-3H3. The number of rotatable bonds is 2. The second-order valence-electron chi connectivity index (χ2n) is 6.77. The van der Waals surface area contributed by atoms with Crippen LogP contribution in [0.1, 0.15) is 28.6 Å². The molecule has 2 aromatic carbocycles. The van der Waals surface area contributed by atoms with Crippen molar-refractivity contribution in [1.82, 2.24) is 0 Å². The number of nitriles is 1. The van der Waals surface area contributed by atoms with Gasteiger partial charge in [-0.25, -0.2) is 0 Å². The molecule has 1 aliphatic rings. The molecule has 28 heavy (non-hydrogen) atoms. The van der Waals surface area contributed by atoms with Gasteiger partial charge >= 0.3 is 0 Å². The third-order valence-corrected chi connectivity index (χ3v) is 5.93. The van der Waals surface area contributed by atoms with Gasteiger partial charge in [0, 0.05) is 16.4 Å². The van der Waals surface area contributed by atoms with Crippen LogP contribution < -0.4 is 10.2 Å². The number of ether oxygens (including phenoxy) is 1. The molecule has 0 aliphatic carbocycles. The van der Waals surface area contributed by atoms with Gasteiger partial charge in [-0.1, -0.05) is 18.2 Å². The third kappa shape index (κ3) is 2.71. The maximum absolute atomic E-state index is 12.7. The highest BCUT2D eigenvalue weighted by Crippen LogP contribution is 2.45. The topological polar surface area (TPSA) is 87.1 Å². The predicted octanol–water partition coefficient (Wildman–Crippen LogP) is 4.77. The maximum atomic E-state index is 12.7. The van der Waals surface area contributed by atoms with Crippen LogP contribution >= 0.6 is 11.8 Å². The first-order chi connectivity index (χ1) is 13.5. The van der Waals surface area contributed by atoms with E-state index in [1.807, 2.05) is 30.5 Å². The van der Waals surface area contributed by atoms with Gasteiger partial charge in [0.2, 0.25) is 5.90 Å². The maximum Gasteiger partial charge on any atom is 0.205 e. The van der Waals surface area contributed by atoms with Gasteiger partial charge in [-0.15, -0.1) is 11.8 Å². The summed E-state index contributed by atoms with van der Waals surface area (Å²) < 4.78 is 11.5. The van der Waals surface area contributed by atoms with E-state index in [9.17, 15) is 10.1 Å². The molecule has 3 aromatic rings. The van der Waals surface area contributed by atoms with Crippen LogP contribution in [0, 0.1) is 36.5 Å². The average molecular weight is 390 g/mol. The van der Waals surface area contributed by atoms with Gasteiger partial charge in [-0.3, -0.25) is 10.2 Å². The molecule has 1 aliphatic heterocycles. The Morgan fingerprint density at radius 2 is 1.75 bits per heavy atom. The normalized spacial score (nSPS) is 18.4. The van der Waals surface area contributed by atoms with Crippen LogP contribution in [-0.4, -0.2) is 12.2 Å². The summed E-state index contributed by atoms with van der Waals surface area (Å²) in [6.07, 6.45) is 2.00. The van der Waals surface area contributed by atoms with Gasteiger partial charge in [0.1, 0.15) is 23.2 Å². The minimum atomic E-state index is -0.770. The number of nitrogens with one attached hydrogen (secondary N) is 1. The molecule has 1 aromatic heterocycles. The molecular formula is C22H18N2O3S. The number of hydrogen-bond donors (Lipinski definition) is 1. The van der Waals surface area contributed by atoms with Gasteiger partial charge in [0.25, 0.3) is 0 Å². The largest absolute Gasteiger partial charge is 0.465 e. The molecule has 2 atom stereocenters. The third-order valence-electron chi connectivity index (χ3n) is 5.19. The highest BCUT2D eigenvalue weighted by atomic mass is 32.2. The zero-order valence-electron chi connectivity index (χ0n) is 15.7. The zero-order valence-corrected chi connectivity index (χ0v) is 16.5. The molecule has 0 radical (unpaired) electrons. The van der Waals surface area contributed by atoms with Crippen molar-refractivity contribution in [2.75, 3.05) is 6.26 Å². The summed E-state index contributed by atoms with van der Waals surface area (Å²) in [7, 11) is 0. The first-order valence-electron chi connectivity index (χ1n) is 8.83. The molecule has 0 spiro atoms. The monoisotopic (exact) mass is 390 g/mol. The van der Waals surface area contributed by atoms with Crippen molar-refractivity contribution in [3.63, 3.8) is 0 Å². The number of aryl methyl sites for hydroxylation is 2. The van der Waals surface area contributed by atoms with Gasteiger partial charge in [0.15, 0.2) is 5.43 Å². The molecule has 2 unspecified atom stereocenters. The molecule has 5 nitrogen and oxygen atoms in total. The number of nitrogens with zero attached hydrogens (tertiary/aromatic N) is 1. The smallest absolute Gasteiger partial charge is 0.205 e. The number of thioether (sulfide) groups is 1. The van der Waals surface area contributed by atoms with Crippen molar-refractivity contribution >= 4 is 28.4 Å². The Morgan fingerprint density at radius 1 is 1.07 bits per heavy atom. The quantitative estimate of drug-likeness (QED) is 0.637. The highest BCUT2D eigenvalue weighted by Gasteiger charge is 2.38. The van der Waals surface area contributed by atoms with Crippen molar-refractivity contribution in [2.45, 2.75) is 24.7 Å².